The number of anilines is 1. The van der Waals surface area contributed by atoms with Crippen molar-refractivity contribution in [1.82, 2.24) is 10.1 Å². The molecule has 0 saturated carbocycles. The summed E-state index contributed by atoms with van der Waals surface area (Å²) in [7, 11) is 3.33. The van der Waals surface area contributed by atoms with Crippen molar-refractivity contribution in [3.8, 4) is 5.75 Å². The van der Waals surface area contributed by atoms with Crippen molar-refractivity contribution < 1.29 is 14.1 Å². The van der Waals surface area contributed by atoms with Crippen LogP contribution >= 0.6 is 11.6 Å². The Balaban J connectivity index is 1.83. The maximum Gasteiger partial charge on any atom is 0.224 e. The van der Waals surface area contributed by atoms with E-state index >= 15 is 0 Å². The van der Waals surface area contributed by atoms with E-state index in [1.54, 1.807) is 37.3 Å². The molecule has 6 nitrogen and oxygen atoms in total. The minimum Gasteiger partial charge on any atom is -0.495 e. The van der Waals surface area contributed by atoms with Gasteiger partial charge in [-0.3, -0.25) is 4.79 Å². The molecule has 0 radical (unpaired) electrons. The third-order valence-electron chi connectivity index (χ3n) is 3.32. The number of rotatable bonds is 7. The highest BCUT2D eigenvalue weighted by atomic mass is 35.5. The van der Waals surface area contributed by atoms with Gasteiger partial charge >= 0.3 is 0 Å². The standard InChI is InChI=1S/C16H20ClN3O3/c1-11-8-13(19-23-11)10-20(2)16(21)6-7-18-14-9-12(17)4-5-15(14)22-3/h4-5,8-9,18H,6-7,10H2,1-3H3. The van der Waals surface area contributed by atoms with Gasteiger partial charge in [0.05, 0.1) is 19.3 Å². The second kappa shape index (κ2) is 7.87. The van der Waals surface area contributed by atoms with E-state index < -0.39 is 0 Å². The molecule has 0 aliphatic carbocycles. The maximum absolute atomic E-state index is 12.1. The molecule has 1 aromatic carbocycles. The Bertz CT molecular complexity index is 672. The number of benzene rings is 1. The summed E-state index contributed by atoms with van der Waals surface area (Å²) in [5.41, 5.74) is 1.50. The van der Waals surface area contributed by atoms with Crippen LogP contribution in [0.25, 0.3) is 0 Å². The molecule has 7 heteroatoms. The third kappa shape index (κ3) is 4.89. The Labute approximate surface area is 140 Å². The molecule has 1 amide bonds. The number of halogens is 1. The lowest BCUT2D eigenvalue weighted by Crippen LogP contribution is -2.28. The van der Waals surface area contributed by atoms with Crippen LogP contribution in [0.15, 0.2) is 28.8 Å². The molecule has 0 spiro atoms. The number of methoxy groups -OCH3 is 1. The minimum absolute atomic E-state index is 0.0131. The topological polar surface area (TPSA) is 67.6 Å². The molecule has 0 atom stereocenters. The number of aromatic nitrogens is 1. The Morgan fingerprint density at radius 2 is 2.22 bits per heavy atom. The molecule has 0 aliphatic heterocycles. The van der Waals surface area contributed by atoms with Crippen molar-refractivity contribution in [2.24, 2.45) is 0 Å². The molecule has 0 unspecified atom stereocenters. The Morgan fingerprint density at radius 3 is 2.87 bits per heavy atom. The number of hydrogen-bond acceptors (Lipinski definition) is 5. The first kappa shape index (κ1) is 17.1. The molecule has 2 rings (SSSR count). The summed E-state index contributed by atoms with van der Waals surface area (Å²) in [5.74, 6) is 1.43. The van der Waals surface area contributed by atoms with Crippen LogP contribution in [0.2, 0.25) is 5.02 Å². The van der Waals surface area contributed by atoms with E-state index in [1.165, 1.54) is 0 Å². The van der Waals surface area contributed by atoms with E-state index in [9.17, 15) is 4.79 Å². The first-order valence-electron chi connectivity index (χ1n) is 7.23. The van der Waals surface area contributed by atoms with Gasteiger partial charge in [-0.2, -0.15) is 0 Å². The fourth-order valence-corrected chi connectivity index (χ4v) is 2.31. The average molecular weight is 338 g/mol. The third-order valence-corrected chi connectivity index (χ3v) is 3.55. The lowest BCUT2D eigenvalue weighted by molar-refractivity contribution is -0.130. The maximum atomic E-state index is 12.1. The zero-order chi connectivity index (χ0) is 16.8. The van der Waals surface area contributed by atoms with Crippen LogP contribution in [0.3, 0.4) is 0 Å². The number of nitrogens with one attached hydrogen (secondary N) is 1. The summed E-state index contributed by atoms with van der Waals surface area (Å²) in [6.07, 6.45) is 0.350. The van der Waals surface area contributed by atoms with Crippen LogP contribution in [-0.4, -0.2) is 36.7 Å². The normalized spacial score (nSPS) is 10.4. The largest absolute Gasteiger partial charge is 0.495 e. The summed E-state index contributed by atoms with van der Waals surface area (Å²) in [4.78, 5) is 13.8. The number of carbonyl (C=O) groups excluding carboxylic acids is 1. The summed E-state index contributed by atoms with van der Waals surface area (Å²) < 4.78 is 10.2. The zero-order valence-electron chi connectivity index (χ0n) is 13.4. The second-order valence-corrected chi connectivity index (χ2v) is 5.64. The molecule has 0 bridgehead atoms. The van der Waals surface area contributed by atoms with Crippen LogP contribution < -0.4 is 10.1 Å². The number of amides is 1. The number of aryl methyl sites for hydroxylation is 1. The summed E-state index contributed by atoms with van der Waals surface area (Å²) in [6, 6.07) is 7.13. The van der Waals surface area contributed by atoms with E-state index in [0.29, 0.717) is 30.3 Å². The van der Waals surface area contributed by atoms with Crippen molar-refractivity contribution >= 4 is 23.2 Å². The predicted molar refractivity (Wildman–Crippen MR) is 88.8 cm³/mol. The molecule has 1 N–H and O–H groups in total. The van der Waals surface area contributed by atoms with Gasteiger partial charge in [-0.25, -0.2) is 0 Å². The van der Waals surface area contributed by atoms with Gasteiger partial charge in [-0.1, -0.05) is 16.8 Å². The van der Waals surface area contributed by atoms with Crippen molar-refractivity contribution in [3.05, 3.63) is 40.7 Å². The zero-order valence-corrected chi connectivity index (χ0v) is 14.2. The Morgan fingerprint density at radius 1 is 1.43 bits per heavy atom. The smallest absolute Gasteiger partial charge is 0.224 e. The molecule has 2 aromatic rings. The lowest BCUT2D eigenvalue weighted by atomic mass is 10.2. The van der Waals surface area contributed by atoms with Gasteiger partial charge in [0.25, 0.3) is 0 Å². The van der Waals surface area contributed by atoms with Crippen LogP contribution in [0.4, 0.5) is 5.69 Å². The van der Waals surface area contributed by atoms with E-state index in [4.69, 9.17) is 20.9 Å². The van der Waals surface area contributed by atoms with Crippen LogP contribution in [-0.2, 0) is 11.3 Å². The summed E-state index contributed by atoms with van der Waals surface area (Å²) in [6.45, 7) is 2.73. The molecule has 1 aromatic heterocycles. The number of carbonyl (C=O) groups is 1. The van der Waals surface area contributed by atoms with Crippen molar-refractivity contribution in [2.75, 3.05) is 26.0 Å². The average Bonchev–Trinajstić information content (AvgIpc) is 2.92. The van der Waals surface area contributed by atoms with Crippen LogP contribution in [0.5, 0.6) is 5.75 Å². The Hall–Kier alpha value is -2.21. The van der Waals surface area contributed by atoms with E-state index in [2.05, 4.69) is 10.5 Å². The van der Waals surface area contributed by atoms with Gasteiger partial charge in [-0.05, 0) is 25.1 Å². The molecule has 0 fully saturated rings. The lowest BCUT2D eigenvalue weighted by Gasteiger charge is -2.16. The van der Waals surface area contributed by atoms with Gasteiger partial charge in [-0.15, -0.1) is 0 Å². The van der Waals surface area contributed by atoms with E-state index in [1.807, 2.05) is 13.0 Å². The van der Waals surface area contributed by atoms with Crippen molar-refractivity contribution in [2.45, 2.75) is 19.9 Å². The van der Waals surface area contributed by atoms with Gasteiger partial charge in [0, 0.05) is 31.1 Å². The van der Waals surface area contributed by atoms with Crippen LogP contribution in [0.1, 0.15) is 17.9 Å². The SMILES string of the molecule is COc1ccc(Cl)cc1NCCC(=O)N(C)Cc1cc(C)on1. The highest BCUT2D eigenvalue weighted by molar-refractivity contribution is 6.30. The fourth-order valence-electron chi connectivity index (χ4n) is 2.14. The molecule has 1 heterocycles. The monoisotopic (exact) mass is 337 g/mol. The molecule has 0 aliphatic rings. The predicted octanol–water partition coefficient (Wildman–Crippen LogP) is 3.11. The second-order valence-electron chi connectivity index (χ2n) is 5.20. The molecule has 23 heavy (non-hydrogen) atoms. The molecule has 0 saturated heterocycles. The fraction of sp³-hybridized carbons (Fsp3) is 0.375. The summed E-state index contributed by atoms with van der Waals surface area (Å²) in [5, 5.41) is 7.66. The van der Waals surface area contributed by atoms with Crippen molar-refractivity contribution in [1.29, 1.82) is 0 Å². The first-order chi connectivity index (χ1) is 11.0. The van der Waals surface area contributed by atoms with Crippen LogP contribution in [0, 0.1) is 6.92 Å². The molecular formula is C16H20ClN3O3. The van der Waals surface area contributed by atoms with Gasteiger partial charge in [0.15, 0.2) is 0 Å². The van der Waals surface area contributed by atoms with Gasteiger partial charge in [0.2, 0.25) is 5.91 Å². The number of hydrogen-bond donors (Lipinski definition) is 1. The van der Waals surface area contributed by atoms with Crippen molar-refractivity contribution in [3.63, 3.8) is 0 Å². The quantitative estimate of drug-likeness (QED) is 0.840. The molecule has 124 valence electrons. The number of ether oxygens (including phenoxy) is 1. The minimum atomic E-state index is 0.0131. The Kier molecular flexibility index (Phi) is 5.87. The van der Waals surface area contributed by atoms with E-state index in [0.717, 1.165) is 17.1 Å². The molecular weight excluding hydrogens is 318 g/mol. The van der Waals surface area contributed by atoms with Gasteiger partial charge in [0.1, 0.15) is 17.2 Å². The highest BCUT2D eigenvalue weighted by Gasteiger charge is 2.12. The first-order valence-corrected chi connectivity index (χ1v) is 7.61. The van der Waals surface area contributed by atoms with E-state index in [-0.39, 0.29) is 5.91 Å². The summed E-state index contributed by atoms with van der Waals surface area (Å²) >= 11 is 5.97. The highest BCUT2D eigenvalue weighted by Crippen LogP contribution is 2.27. The van der Waals surface area contributed by atoms with Gasteiger partial charge < -0.3 is 19.5 Å². The number of nitrogens with zero attached hydrogens (tertiary/aromatic N) is 2.